The Morgan fingerprint density at radius 3 is 1.00 bits per heavy atom. The molecule has 0 saturated carbocycles. The maximum absolute atomic E-state index is 12.3. The predicted molar refractivity (Wildman–Crippen MR) is 175 cm³/mol. The number of alkyl halides is 3. The van der Waals surface area contributed by atoms with Crippen LogP contribution < -0.4 is 18.9 Å². The van der Waals surface area contributed by atoms with Crippen LogP contribution in [0.3, 0.4) is 0 Å². The van der Waals surface area contributed by atoms with Crippen molar-refractivity contribution in [2.24, 2.45) is 0 Å². The molecule has 19 heteroatoms. The molecule has 50 heavy (non-hydrogen) atoms. The van der Waals surface area contributed by atoms with Crippen molar-refractivity contribution in [2.75, 3.05) is 79.8 Å². The van der Waals surface area contributed by atoms with E-state index in [0.29, 0.717) is 59.5 Å². The molecule has 0 amide bonds. The van der Waals surface area contributed by atoms with E-state index < -0.39 is 27.7 Å². The first-order valence-electron chi connectivity index (χ1n) is 16.5. The van der Waals surface area contributed by atoms with E-state index in [1.54, 1.807) is 14.0 Å². The fourth-order valence-corrected chi connectivity index (χ4v) is 3.72. The molecule has 9 unspecified atom stereocenters. The fourth-order valence-electron chi connectivity index (χ4n) is 3.38. The normalized spacial score (nSPS) is 18.0. The molecule has 0 aliphatic carbocycles. The van der Waals surface area contributed by atoms with Crippen LogP contribution in [0.1, 0.15) is 62.3 Å². The quantitative estimate of drug-likeness (QED) is 0.0555. The zero-order valence-corrected chi connectivity index (χ0v) is 32.6. The summed E-state index contributed by atoms with van der Waals surface area (Å²) in [5.74, 6) is 0. The van der Waals surface area contributed by atoms with Crippen molar-refractivity contribution in [1.82, 2.24) is 0 Å². The number of methoxy groups -OCH3 is 1. The summed E-state index contributed by atoms with van der Waals surface area (Å²) < 4.78 is 115. The number of sulfonamides is 1. The van der Waals surface area contributed by atoms with E-state index in [1.165, 1.54) is 6.92 Å². The molecule has 14 nitrogen and oxygen atoms in total. The van der Waals surface area contributed by atoms with E-state index in [2.05, 4.69) is 9.72 Å². The molecule has 296 valence electrons. The molecule has 0 aromatic rings. The minimum Gasteiger partial charge on any atom is -0.467 e. The van der Waals surface area contributed by atoms with Gasteiger partial charge in [0.1, 0.15) is 0 Å². The summed E-state index contributed by atoms with van der Waals surface area (Å²) in [5.41, 5.74) is -5.52. The van der Waals surface area contributed by atoms with E-state index in [0.717, 1.165) is 0 Å². The SMILES string of the molecule is COCCOCC(C)OCC(C)OCC(C)OCC(C)OCC(C)OCC(C)OCC(C)OCC(C)OCC(C)O[N-]S(=O)(=O)C(F)(F)F.[Li+]. The van der Waals surface area contributed by atoms with Gasteiger partial charge in [-0.3, -0.25) is 0 Å². The van der Waals surface area contributed by atoms with Crippen molar-refractivity contribution in [3.05, 3.63) is 4.89 Å². The van der Waals surface area contributed by atoms with Crippen molar-refractivity contribution in [2.45, 2.75) is 123 Å². The third kappa shape index (κ3) is 28.4. The van der Waals surface area contributed by atoms with Crippen molar-refractivity contribution >= 4 is 10.0 Å². The van der Waals surface area contributed by atoms with E-state index >= 15 is 0 Å². The van der Waals surface area contributed by atoms with Gasteiger partial charge in [-0.05, 0) is 62.3 Å². The standard InChI is InChI=1S/C31H61F3NO13S.Li/c1-22(13-39-12-11-38-10)40-14-23(2)41-15-24(3)42-16-25(4)43-17-26(5)44-18-27(6)45-19-28(7)46-20-29(8)47-21-30(9)48-35-49(36,37)31(32,33)34;/h22-30H,11-21H2,1-10H3;/q-1;+1. The van der Waals surface area contributed by atoms with Crippen LogP contribution in [0.15, 0.2) is 0 Å². The van der Waals surface area contributed by atoms with Gasteiger partial charge in [-0.25, -0.2) is 8.42 Å². The van der Waals surface area contributed by atoms with Crippen molar-refractivity contribution in [3.63, 3.8) is 0 Å². The molecule has 0 fully saturated rings. The van der Waals surface area contributed by atoms with Gasteiger partial charge in [0, 0.05) is 7.11 Å². The summed E-state index contributed by atoms with van der Waals surface area (Å²) in [7, 11) is -4.09. The molecule has 0 radical (unpaired) electrons. The van der Waals surface area contributed by atoms with Gasteiger partial charge < -0.3 is 57.1 Å². The summed E-state index contributed by atoms with van der Waals surface area (Å²) in [4.78, 5) is 6.68. The summed E-state index contributed by atoms with van der Waals surface area (Å²) >= 11 is 0. The van der Waals surface area contributed by atoms with E-state index in [4.69, 9.17) is 47.4 Å². The Hall–Kier alpha value is -0.143. The molecule has 0 aliphatic heterocycles. The van der Waals surface area contributed by atoms with Crippen LogP contribution in [0, 0.1) is 0 Å². The van der Waals surface area contributed by atoms with Crippen LogP contribution in [0.2, 0.25) is 0 Å². The van der Waals surface area contributed by atoms with Gasteiger partial charge in [0.15, 0.2) is 10.0 Å². The van der Waals surface area contributed by atoms with Gasteiger partial charge in [0.05, 0.1) is 128 Å². The number of halogens is 3. The molecule has 0 spiro atoms. The van der Waals surface area contributed by atoms with Gasteiger partial charge in [-0.15, -0.1) is 0 Å². The minimum absolute atomic E-state index is 0. The molecule has 0 rings (SSSR count). The van der Waals surface area contributed by atoms with Crippen LogP contribution in [-0.2, 0) is 62.2 Å². The molecular formula is C31H61F3LiNO13S. The zero-order valence-electron chi connectivity index (χ0n) is 31.8. The first-order valence-corrected chi connectivity index (χ1v) is 18.0. The molecule has 0 aromatic heterocycles. The molecule has 0 N–H and O–H groups in total. The summed E-state index contributed by atoms with van der Waals surface area (Å²) in [6.07, 6.45) is -2.48. The van der Waals surface area contributed by atoms with Gasteiger partial charge in [0.2, 0.25) is 0 Å². The second kappa shape index (κ2) is 29.2. The predicted octanol–water partition coefficient (Wildman–Crippen LogP) is 1.44. The zero-order chi connectivity index (χ0) is 37.5. The second-order valence-corrected chi connectivity index (χ2v) is 13.7. The van der Waals surface area contributed by atoms with Crippen molar-refractivity contribution in [3.8, 4) is 0 Å². The second-order valence-electron chi connectivity index (χ2n) is 12.1. The Morgan fingerprint density at radius 2 is 0.740 bits per heavy atom. The largest absolute Gasteiger partial charge is 1.00 e. The number of hydrogen-bond acceptors (Lipinski definition) is 13. The van der Waals surface area contributed by atoms with E-state index in [9.17, 15) is 21.6 Å². The van der Waals surface area contributed by atoms with Crippen LogP contribution >= 0.6 is 0 Å². The van der Waals surface area contributed by atoms with Crippen LogP contribution in [0.25, 0.3) is 4.89 Å². The van der Waals surface area contributed by atoms with Crippen LogP contribution in [0.5, 0.6) is 0 Å². The van der Waals surface area contributed by atoms with Gasteiger partial charge in [-0.1, -0.05) is 0 Å². The molecular weight excluding hydrogens is 690 g/mol. The average Bonchev–Trinajstić information content (AvgIpc) is 3.04. The molecule has 0 aliphatic rings. The fraction of sp³-hybridized carbons (Fsp3) is 1.00. The van der Waals surface area contributed by atoms with Gasteiger partial charge in [-0.2, -0.15) is 13.2 Å². The maximum Gasteiger partial charge on any atom is 1.00 e. The Kier molecular flexibility index (Phi) is 30.4. The first-order chi connectivity index (χ1) is 22.9. The maximum atomic E-state index is 12.3. The van der Waals surface area contributed by atoms with Crippen molar-refractivity contribution < 1.29 is 92.7 Å². The van der Waals surface area contributed by atoms with Crippen LogP contribution in [-0.4, -0.2) is 149 Å². The number of hydrogen-bond donors (Lipinski definition) is 0. The Balaban J connectivity index is 0. The number of ether oxygens (including phenoxy) is 10. The minimum atomic E-state index is -5.72. The van der Waals surface area contributed by atoms with Gasteiger partial charge >= 0.3 is 24.4 Å². The number of nitrogens with zero attached hydrogens (tertiary/aromatic N) is 1. The van der Waals surface area contributed by atoms with E-state index in [1.807, 2.05) is 48.5 Å². The topological polar surface area (TPSA) is 150 Å². The first kappa shape index (κ1) is 52.0. The Labute approximate surface area is 309 Å². The van der Waals surface area contributed by atoms with Crippen LogP contribution in [0.4, 0.5) is 13.2 Å². The summed E-state index contributed by atoms with van der Waals surface area (Å²) in [6, 6.07) is 0. The Morgan fingerprint density at radius 1 is 0.480 bits per heavy atom. The average molecular weight is 752 g/mol. The molecule has 0 bridgehead atoms. The molecule has 9 atom stereocenters. The molecule has 0 aromatic carbocycles. The molecule has 0 saturated heterocycles. The summed E-state index contributed by atoms with van der Waals surface area (Å²) in [5, 5.41) is 0. The van der Waals surface area contributed by atoms with Crippen molar-refractivity contribution in [1.29, 1.82) is 0 Å². The van der Waals surface area contributed by atoms with Gasteiger partial charge in [0.25, 0.3) is 0 Å². The smallest absolute Gasteiger partial charge is 0.467 e. The number of rotatable bonds is 32. The third-order valence-corrected chi connectivity index (χ3v) is 7.19. The monoisotopic (exact) mass is 751 g/mol. The molecule has 0 heterocycles. The van der Waals surface area contributed by atoms with E-state index in [-0.39, 0.29) is 74.8 Å². The Bertz CT molecular complexity index is 914. The summed E-state index contributed by atoms with van der Waals surface area (Å²) in [6.45, 7) is 20.3. The third-order valence-electron chi connectivity index (χ3n) is 6.32.